The summed E-state index contributed by atoms with van der Waals surface area (Å²) in [5, 5.41) is 22.9. The Labute approximate surface area is 255 Å². The third-order valence-corrected chi connectivity index (χ3v) is 6.89. The van der Waals surface area contributed by atoms with Gasteiger partial charge in [0.2, 0.25) is 29.5 Å². The first kappa shape index (κ1) is 37.4. The molecule has 43 heavy (non-hydrogen) atoms. The van der Waals surface area contributed by atoms with Gasteiger partial charge in [-0.3, -0.25) is 24.0 Å². The Kier molecular flexibility index (Phi) is 16.3. The van der Waals surface area contributed by atoms with E-state index in [1.54, 1.807) is 12.1 Å². The van der Waals surface area contributed by atoms with Crippen molar-refractivity contribution < 1.29 is 29.1 Å². The highest BCUT2D eigenvalue weighted by Crippen LogP contribution is 2.12. The zero-order valence-corrected chi connectivity index (χ0v) is 26.7. The van der Waals surface area contributed by atoms with E-state index < -0.39 is 59.7 Å². The van der Waals surface area contributed by atoms with Crippen LogP contribution < -0.4 is 32.3 Å². The first-order valence-corrected chi connectivity index (χ1v) is 15.1. The summed E-state index contributed by atoms with van der Waals surface area (Å²) in [6.07, 6.45) is 2.83. The Hall–Kier alpha value is -3.67. The summed E-state index contributed by atoms with van der Waals surface area (Å²) in [5.74, 6) is -2.15. The second-order valence-corrected chi connectivity index (χ2v) is 11.9. The molecule has 0 aromatic heterocycles. The van der Waals surface area contributed by atoms with E-state index in [1.165, 1.54) is 26.1 Å². The van der Waals surface area contributed by atoms with Gasteiger partial charge in [0, 0.05) is 13.5 Å². The van der Waals surface area contributed by atoms with Gasteiger partial charge in [-0.25, -0.2) is 0 Å². The average Bonchev–Trinajstić information content (AvgIpc) is 2.94. The Morgan fingerprint density at radius 3 is 1.79 bits per heavy atom. The second-order valence-electron chi connectivity index (χ2n) is 11.9. The summed E-state index contributed by atoms with van der Waals surface area (Å²) in [5.41, 5.74) is 6.74. The molecule has 5 atom stereocenters. The van der Waals surface area contributed by atoms with E-state index in [1.807, 2.05) is 34.6 Å². The minimum Gasteiger partial charge on any atom is -0.508 e. The number of phenolic OH excluding ortho intramolecular Hbond substituents is 1. The molecule has 0 aliphatic carbocycles. The van der Waals surface area contributed by atoms with Gasteiger partial charge in [0.05, 0.1) is 6.04 Å². The van der Waals surface area contributed by atoms with E-state index in [0.717, 1.165) is 12.0 Å². The van der Waals surface area contributed by atoms with Gasteiger partial charge in [-0.2, -0.15) is 0 Å². The summed E-state index contributed by atoms with van der Waals surface area (Å²) < 4.78 is 0. The van der Waals surface area contributed by atoms with Crippen molar-refractivity contribution in [3.05, 3.63) is 29.8 Å². The fraction of sp³-hybridized carbons (Fsp3) is 0.645. The maximum absolute atomic E-state index is 13.3. The van der Waals surface area contributed by atoms with Crippen LogP contribution in [0.4, 0.5) is 0 Å². The lowest BCUT2D eigenvalue weighted by atomic mass is 10.0. The molecule has 1 rings (SSSR count). The van der Waals surface area contributed by atoms with Gasteiger partial charge in [0.15, 0.2) is 0 Å². The number of nitrogens with two attached hydrogens (primary N) is 1. The zero-order valence-electron chi connectivity index (χ0n) is 26.7. The largest absolute Gasteiger partial charge is 0.508 e. The van der Waals surface area contributed by atoms with Crippen LogP contribution in [0, 0.1) is 11.8 Å². The first-order valence-electron chi connectivity index (χ1n) is 15.1. The minimum atomic E-state index is -1.02. The van der Waals surface area contributed by atoms with Crippen molar-refractivity contribution in [1.29, 1.82) is 0 Å². The Morgan fingerprint density at radius 1 is 0.721 bits per heavy atom. The number of amides is 5. The molecule has 8 N–H and O–H groups in total. The highest BCUT2D eigenvalue weighted by Gasteiger charge is 2.30. The van der Waals surface area contributed by atoms with Crippen LogP contribution in [0.5, 0.6) is 5.75 Å². The van der Waals surface area contributed by atoms with E-state index in [-0.39, 0.29) is 24.0 Å². The maximum Gasteiger partial charge on any atom is 0.243 e. The van der Waals surface area contributed by atoms with E-state index >= 15 is 0 Å². The summed E-state index contributed by atoms with van der Waals surface area (Å²) in [7, 11) is 1.46. The number of carbonyl (C=O) groups is 5. The normalized spacial score (nSPS) is 14.7. The molecule has 0 aliphatic rings. The molecule has 242 valence electrons. The Morgan fingerprint density at radius 2 is 1.26 bits per heavy atom. The van der Waals surface area contributed by atoms with Crippen molar-refractivity contribution in [1.82, 2.24) is 26.6 Å². The lowest BCUT2D eigenvalue weighted by molar-refractivity contribution is -0.134. The molecule has 0 radical (unpaired) electrons. The lowest BCUT2D eigenvalue weighted by Crippen LogP contribution is -2.58. The van der Waals surface area contributed by atoms with Gasteiger partial charge in [-0.1, -0.05) is 59.6 Å². The van der Waals surface area contributed by atoms with Gasteiger partial charge in [-0.15, -0.1) is 0 Å². The topological polar surface area (TPSA) is 192 Å². The number of unbranched alkanes of at least 4 members (excludes halogenated alkanes) is 1. The van der Waals surface area contributed by atoms with Crippen molar-refractivity contribution in [2.45, 2.75) is 110 Å². The number of carbonyl (C=O) groups excluding carboxylic acids is 5. The van der Waals surface area contributed by atoms with E-state index in [4.69, 9.17) is 5.73 Å². The van der Waals surface area contributed by atoms with Crippen molar-refractivity contribution in [3.8, 4) is 5.75 Å². The predicted octanol–water partition coefficient (Wildman–Crippen LogP) is 1.25. The number of hydrogen-bond donors (Lipinski definition) is 7. The van der Waals surface area contributed by atoms with Gasteiger partial charge in [0.1, 0.15) is 29.9 Å². The lowest BCUT2D eigenvalue weighted by Gasteiger charge is -2.26. The molecular formula is C31H52N6O6. The van der Waals surface area contributed by atoms with Crippen molar-refractivity contribution in [2.24, 2.45) is 17.6 Å². The molecule has 0 saturated heterocycles. The highest BCUT2D eigenvalue weighted by atomic mass is 16.3. The summed E-state index contributed by atoms with van der Waals surface area (Å²) in [6.45, 7) is 11.2. The van der Waals surface area contributed by atoms with Crippen LogP contribution in [0.25, 0.3) is 0 Å². The summed E-state index contributed by atoms with van der Waals surface area (Å²) >= 11 is 0. The molecule has 0 spiro atoms. The Bertz CT molecular complexity index is 1060. The van der Waals surface area contributed by atoms with Crippen molar-refractivity contribution in [3.63, 3.8) is 0 Å². The van der Waals surface area contributed by atoms with Crippen molar-refractivity contribution >= 4 is 29.5 Å². The highest BCUT2D eigenvalue weighted by molar-refractivity contribution is 5.95. The van der Waals surface area contributed by atoms with E-state index in [2.05, 4.69) is 26.6 Å². The number of hydrogen-bond acceptors (Lipinski definition) is 7. The molecule has 0 aliphatic heterocycles. The zero-order chi connectivity index (χ0) is 32.7. The molecule has 0 saturated carbocycles. The fourth-order valence-corrected chi connectivity index (χ4v) is 4.47. The quantitative estimate of drug-likeness (QED) is 0.131. The van der Waals surface area contributed by atoms with Crippen LogP contribution in [-0.4, -0.2) is 71.9 Å². The third kappa shape index (κ3) is 13.9. The van der Waals surface area contributed by atoms with E-state index in [0.29, 0.717) is 25.7 Å². The first-order chi connectivity index (χ1) is 20.2. The van der Waals surface area contributed by atoms with Crippen molar-refractivity contribution in [2.75, 3.05) is 7.05 Å². The number of rotatable bonds is 18. The maximum atomic E-state index is 13.3. The summed E-state index contributed by atoms with van der Waals surface area (Å²) in [4.78, 5) is 64.8. The molecule has 0 heterocycles. The molecule has 5 amide bonds. The van der Waals surface area contributed by atoms with E-state index in [9.17, 15) is 29.1 Å². The van der Waals surface area contributed by atoms with Gasteiger partial charge in [0.25, 0.3) is 0 Å². The number of likely N-dealkylation sites (N-methyl/N-ethyl adjacent to an activating group) is 1. The molecular weight excluding hydrogens is 552 g/mol. The minimum absolute atomic E-state index is 0.0336. The standard InChI is InChI=1S/C31H52N6O6/c1-8-9-10-24(35-28(40)23(32)15-18(2)3)30(42)37-25(16-19(4)5)31(43)34-20(6)27(39)36-26(29(41)33-7)17-21-11-13-22(38)14-12-21/h11-14,18-20,23-26,38H,8-10,15-17,32H2,1-7H3,(H,33,41)(H,34,43)(H,35,40)(H,36,39)(H,37,42)/t20-,23-,24-,25-,26-/m0/s1. The average molecular weight is 605 g/mol. The van der Waals surface area contributed by atoms with Gasteiger partial charge >= 0.3 is 0 Å². The van der Waals surface area contributed by atoms with Crippen LogP contribution in [0.1, 0.15) is 79.2 Å². The fourth-order valence-electron chi connectivity index (χ4n) is 4.47. The number of nitrogens with one attached hydrogen (secondary N) is 5. The van der Waals surface area contributed by atoms with Crippen LogP contribution in [0.3, 0.4) is 0 Å². The van der Waals surface area contributed by atoms with Gasteiger partial charge in [-0.05, 0) is 55.7 Å². The molecule has 12 nitrogen and oxygen atoms in total. The smallest absolute Gasteiger partial charge is 0.243 e. The summed E-state index contributed by atoms with van der Waals surface area (Å²) in [6, 6.07) is 1.77. The van der Waals surface area contributed by atoms with Gasteiger partial charge < -0.3 is 37.4 Å². The molecule has 0 fully saturated rings. The molecule has 0 bridgehead atoms. The molecule has 1 aromatic rings. The van der Waals surface area contributed by atoms with Crippen LogP contribution in [0.2, 0.25) is 0 Å². The number of phenols is 1. The second kappa shape index (κ2) is 18.8. The Balaban J connectivity index is 2.96. The van der Waals surface area contributed by atoms with Crippen LogP contribution >= 0.6 is 0 Å². The third-order valence-electron chi connectivity index (χ3n) is 6.89. The van der Waals surface area contributed by atoms with Crippen LogP contribution in [-0.2, 0) is 30.4 Å². The number of benzene rings is 1. The van der Waals surface area contributed by atoms with Crippen LogP contribution in [0.15, 0.2) is 24.3 Å². The predicted molar refractivity (Wildman–Crippen MR) is 166 cm³/mol. The molecule has 12 heteroatoms. The SMILES string of the molecule is CCCC[C@H](NC(=O)[C@@H](N)CC(C)C)C(=O)N[C@@H](CC(C)C)C(=O)N[C@@H](C)C(=O)N[C@@H](Cc1ccc(O)cc1)C(=O)NC. The molecule has 1 aromatic carbocycles. The molecule has 0 unspecified atom stereocenters. The number of aromatic hydroxyl groups is 1. The monoisotopic (exact) mass is 604 g/mol.